The molecule has 0 aromatic heterocycles. The molecule has 0 atom stereocenters. The fraction of sp³-hybridized carbons (Fsp3) is 0.818. The summed E-state index contributed by atoms with van der Waals surface area (Å²) in [5.41, 5.74) is -1.03. The van der Waals surface area contributed by atoms with Crippen molar-refractivity contribution in [1.82, 2.24) is 10.2 Å². The minimum Gasteiger partial charge on any atom is -0.480 e. The van der Waals surface area contributed by atoms with Gasteiger partial charge in [-0.15, -0.1) is 0 Å². The van der Waals surface area contributed by atoms with Crippen LogP contribution in [0.25, 0.3) is 0 Å². The first-order valence-electron chi connectivity index (χ1n) is 5.86. The molecule has 0 unspecified atom stereocenters. The van der Waals surface area contributed by atoms with Gasteiger partial charge in [0.15, 0.2) is 0 Å². The summed E-state index contributed by atoms with van der Waals surface area (Å²) in [5, 5.41) is 11.9. The molecule has 1 rings (SSSR count). The topological polar surface area (TPSA) is 69.6 Å². The monoisotopic (exact) mass is 228 g/mol. The Balaban J connectivity index is 2.69. The van der Waals surface area contributed by atoms with Crippen LogP contribution in [0.3, 0.4) is 0 Å². The molecule has 0 aliphatic heterocycles. The van der Waals surface area contributed by atoms with Crippen LogP contribution in [0.1, 0.15) is 39.5 Å². The molecule has 0 bridgehead atoms. The lowest BCUT2D eigenvalue weighted by molar-refractivity contribution is -0.144. The van der Waals surface area contributed by atoms with Crippen LogP contribution in [-0.2, 0) is 4.79 Å². The van der Waals surface area contributed by atoms with Crippen molar-refractivity contribution in [3.05, 3.63) is 0 Å². The van der Waals surface area contributed by atoms with Crippen LogP contribution in [0.5, 0.6) is 0 Å². The van der Waals surface area contributed by atoms with E-state index in [1.54, 1.807) is 4.90 Å². The molecule has 1 saturated carbocycles. The average Bonchev–Trinajstić information content (AvgIpc) is 2.69. The summed E-state index contributed by atoms with van der Waals surface area (Å²) in [4.78, 5) is 24.6. The summed E-state index contributed by atoms with van der Waals surface area (Å²) in [6, 6.07) is -0.269. The Morgan fingerprint density at radius 2 is 1.75 bits per heavy atom. The maximum Gasteiger partial charge on any atom is 0.329 e. The second kappa shape index (κ2) is 5.18. The first-order valence-corrected chi connectivity index (χ1v) is 5.86. The highest BCUT2D eigenvalue weighted by Crippen LogP contribution is 2.30. The van der Waals surface area contributed by atoms with E-state index in [1.165, 1.54) is 0 Å². The summed E-state index contributed by atoms with van der Waals surface area (Å²) >= 11 is 0. The van der Waals surface area contributed by atoms with Crippen molar-refractivity contribution in [1.29, 1.82) is 0 Å². The Kier molecular flexibility index (Phi) is 4.15. The second-order valence-electron chi connectivity index (χ2n) is 4.20. The fourth-order valence-corrected chi connectivity index (χ4v) is 2.17. The fourth-order valence-electron chi connectivity index (χ4n) is 2.17. The molecule has 5 nitrogen and oxygen atoms in total. The van der Waals surface area contributed by atoms with Gasteiger partial charge >= 0.3 is 12.0 Å². The number of carbonyl (C=O) groups excluding carboxylic acids is 1. The summed E-state index contributed by atoms with van der Waals surface area (Å²) in [6.07, 6.45) is 2.81. The number of carboxylic acid groups (broad SMARTS) is 1. The number of aliphatic carboxylic acids is 1. The zero-order chi connectivity index (χ0) is 12.2. The molecule has 0 aromatic carbocycles. The van der Waals surface area contributed by atoms with E-state index in [4.69, 9.17) is 0 Å². The molecule has 1 aliphatic rings. The number of carbonyl (C=O) groups is 2. The molecule has 0 radical (unpaired) electrons. The SMILES string of the molecule is CCN(CC)C(=O)NC1(C(=O)O)CCCC1. The van der Waals surface area contributed by atoms with Gasteiger partial charge in [0.05, 0.1) is 0 Å². The molecule has 0 heterocycles. The van der Waals surface area contributed by atoms with Crippen LogP contribution in [-0.4, -0.2) is 40.6 Å². The number of rotatable bonds is 4. The van der Waals surface area contributed by atoms with Crippen LogP contribution < -0.4 is 5.32 Å². The molecule has 16 heavy (non-hydrogen) atoms. The van der Waals surface area contributed by atoms with Gasteiger partial charge in [0.25, 0.3) is 0 Å². The van der Waals surface area contributed by atoms with E-state index in [0.717, 1.165) is 12.8 Å². The molecule has 1 aliphatic carbocycles. The van der Waals surface area contributed by atoms with Gasteiger partial charge in [-0.05, 0) is 26.7 Å². The van der Waals surface area contributed by atoms with Crippen LogP contribution in [0, 0.1) is 0 Å². The third-order valence-corrected chi connectivity index (χ3v) is 3.26. The molecule has 2 N–H and O–H groups in total. The molecular formula is C11H20N2O3. The zero-order valence-electron chi connectivity index (χ0n) is 9.95. The molecule has 1 fully saturated rings. The average molecular weight is 228 g/mol. The number of hydrogen-bond donors (Lipinski definition) is 2. The van der Waals surface area contributed by atoms with E-state index in [-0.39, 0.29) is 6.03 Å². The second-order valence-corrected chi connectivity index (χ2v) is 4.20. The van der Waals surface area contributed by atoms with Crippen LogP contribution in [0.15, 0.2) is 0 Å². The lowest BCUT2D eigenvalue weighted by Gasteiger charge is -2.29. The van der Waals surface area contributed by atoms with Gasteiger partial charge in [-0.25, -0.2) is 9.59 Å². The maximum atomic E-state index is 11.8. The Morgan fingerprint density at radius 1 is 1.25 bits per heavy atom. The molecule has 0 aromatic rings. The number of urea groups is 1. The quantitative estimate of drug-likeness (QED) is 0.764. The zero-order valence-corrected chi connectivity index (χ0v) is 9.95. The number of amides is 2. The Hall–Kier alpha value is -1.26. The first kappa shape index (κ1) is 12.8. The van der Waals surface area contributed by atoms with Crippen LogP contribution in [0.2, 0.25) is 0 Å². The summed E-state index contributed by atoms with van der Waals surface area (Å²) < 4.78 is 0. The number of nitrogens with zero attached hydrogens (tertiary/aromatic N) is 1. The Labute approximate surface area is 95.8 Å². The predicted molar refractivity (Wildman–Crippen MR) is 60.3 cm³/mol. The number of hydrogen-bond acceptors (Lipinski definition) is 2. The van der Waals surface area contributed by atoms with Crippen molar-refractivity contribution >= 4 is 12.0 Å². The number of nitrogens with one attached hydrogen (secondary N) is 1. The predicted octanol–water partition coefficient (Wildman–Crippen LogP) is 1.44. The first-order chi connectivity index (χ1) is 7.55. The molecule has 5 heteroatoms. The van der Waals surface area contributed by atoms with Crippen molar-refractivity contribution in [2.45, 2.75) is 45.1 Å². The minimum atomic E-state index is -1.03. The van der Waals surface area contributed by atoms with E-state index in [2.05, 4.69) is 5.32 Å². The normalized spacial score (nSPS) is 18.1. The number of carboxylic acids is 1. The van der Waals surface area contributed by atoms with Gasteiger partial charge in [0, 0.05) is 13.1 Å². The summed E-state index contributed by atoms with van der Waals surface area (Å²) in [7, 11) is 0. The van der Waals surface area contributed by atoms with E-state index in [1.807, 2.05) is 13.8 Å². The minimum absolute atomic E-state index is 0.269. The van der Waals surface area contributed by atoms with Crippen molar-refractivity contribution in [3.63, 3.8) is 0 Å². The van der Waals surface area contributed by atoms with E-state index in [9.17, 15) is 14.7 Å². The third-order valence-electron chi connectivity index (χ3n) is 3.26. The summed E-state index contributed by atoms with van der Waals surface area (Å²) in [6.45, 7) is 4.95. The van der Waals surface area contributed by atoms with Gasteiger partial charge < -0.3 is 15.3 Å². The third kappa shape index (κ3) is 2.46. The van der Waals surface area contributed by atoms with Gasteiger partial charge in [0.1, 0.15) is 5.54 Å². The van der Waals surface area contributed by atoms with Gasteiger partial charge in [-0.2, -0.15) is 0 Å². The Bertz CT molecular complexity index is 268. The van der Waals surface area contributed by atoms with Gasteiger partial charge in [-0.1, -0.05) is 12.8 Å². The lowest BCUT2D eigenvalue weighted by atomic mass is 9.98. The van der Waals surface area contributed by atoms with Crippen LogP contribution in [0.4, 0.5) is 4.79 Å². The van der Waals surface area contributed by atoms with Crippen molar-refractivity contribution < 1.29 is 14.7 Å². The lowest BCUT2D eigenvalue weighted by Crippen LogP contribution is -2.56. The van der Waals surface area contributed by atoms with Gasteiger partial charge in [0.2, 0.25) is 0 Å². The Morgan fingerprint density at radius 3 is 2.12 bits per heavy atom. The highest BCUT2D eigenvalue weighted by Gasteiger charge is 2.43. The van der Waals surface area contributed by atoms with Crippen molar-refractivity contribution in [2.24, 2.45) is 0 Å². The molecule has 92 valence electrons. The van der Waals surface area contributed by atoms with E-state index < -0.39 is 11.5 Å². The highest BCUT2D eigenvalue weighted by molar-refractivity contribution is 5.86. The van der Waals surface area contributed by atoms with Crippen LogP contribution >= 0.6 is 0 Å². The van der Waals surface area contributed by atoms with Crippen molar-refractivity contribution in [3.8, 4) is 0 Å². The largest absolute Gasteiger partial charge is 0.480 e. The summed E-state index contributed by atoms with van der Waals surface area (Å²) in [5.74, 6) is -0.912. The van der Waals surface area contributed by atoms with Crippen molar-refractivity contribution in [2.75, 3.05) is 13.1 Å². The van der Waals surface area contributed by atoms with E-state index >= 15 is 0 Å². The molecular weight excluding hydrogens is 208 g/mol. The standard InChI is InChI=1S/C11H20N2O3/c1-3-13(4-2)10(16)12-11(9(14)15)7-5-6-8-11/h3-8H2,1-2H3,(H,12,16)(H,14,15). The maximum absolute atomic E-state index is 11.8. The molecule has 2 amide bonds. The van der Waals surface area contributed by atoms with E-state index in [0.29, 0.717) is 25.9 Å². The highest BCUT2D eigenvalue weighted by atomic mass is 16.4. The smallest absolute Gasteiger partial charge is 0.329 e. The molecule has 0 spiro atoms. The molecule has 0 saturated heterocycles. The van der Waals surface area contributed by atoms with Gasteiger partial charge in [-0.3, -0.25) is 0 Å².